The maximum atomic E-state index is 2.87. The lowest BCUT2D eigenvalue weighted by Gasteiger charge is -2.30. The third-order valence-corrected chi connectivity index (χ3v) is 16.3. The molecular weight excluding hydrogens is 202 g/mol. The average Bonchev–Trinajstić information content (AvgIpc) is 1.56. The maximum Gasteiger partial charge on any atom is 0.0735 e. The Morgan fingerprint density at radius 1 is 0.909 bits per heavy atom. The van der Waals surface area contributed by atoms with Crippen LogP contribution in [0, 0.1) is 0 Å². The van der Waals surface area contributed by atoms with Crippen molar-refractivity contribution in [1.82, 2.24) is 0 Å². The lowest BCUT2D eigenvalue weighted by Crippen LogP contribution is -2.48. The molecule has 0 aliphatic rings. The number of hydrogen-bond acceptors (Lipinski definition) is 0. The van der Waals surface area contributed by atoms with Crippen molar-refractivity contribution in [2.24, 2.45) is 0 Å². The summed E-state index contributed by atoms with van der Waals surface area (Å²) in [4.78, 5) is 0. The van der Waals surface area contributed by atoms with Crippen LogP contribution in [0.5, 0.6) is 0 Å². The second-order valence-electron chi connectivity index (χ2n) is 4.98. The smallest absolute Gasteiger partial charge is 0.0735 e. The molecule has 4 heteroatoms. The van der Waals surface area contributed by atoms with Crippen LogP contribution in [-0.2, 0) is 0 Å². The first kappa shape index (κ1) is 12.0. The van der Waals surface area contributed by atoms with E-state index in [9.17, 15) is 0 Å². The minimum Gasteiger partial charge on any atom is -0.0923 e. The average molecular weight is 222 g/mol. The molecule has 0 saturated carbocycles. The van der Waals surface area contributed by atoms with Crippen molar-refractivity contribution in [2.75, 3.05) is 0 Å². The van der Waals surface area contributed by atoms with E-state index in [1.54, 1.807) is 0 Å². The Bertz CT molecular complexity index is 146. The van der Waals surface area contributed by atoms with E-state index in [4.69, 9.17) is 0 Å². The molecule has 1 unspecified atom stereocenters. The Hall–Kier alpha value is 1.03. The van der Waals surface area contributed by atoms with Crippen molar-refractivity contribution in [1.29, 1.82) is 0 Å². The Morgan fingerprint density at radius 2 is 1.18 bits per heavy atom. The quantitative estimate of drug-likeness (QED) is 0.494. The van der Waals surface area contributed by atoms with Gasteiger partial charge >= 0.3 is 0 Å². The summed E-state index contributed by atoms with van der Waals surface area (Å²) >= 11 is 0. The first-order valence-corrected chi connectivity index (χ1v) is 13.5. The van der Waals surface area contributed by atoms with E-state index in [1.807, 2.05) is 4.54 Å². The van der Waals surface area contributed by atoms with Crippen LogP contribution in [0.3, 0.4) is 0 Å². The van der Waals surface area contributed by atoms with Gasteiger partial charge in [-0.3, -0.25) is 0 Å². The molecule has 0 aromatic carbocycles. The standard InChI is InChI=1S/C7H20P2Si2/c1-10(2,3)7(9-8)11(4,5)6/h8H2,1-6H3. The van der Waals surface area contributed by atoms with Crippen LogP contribution >= 0.6 is 16.8 Å². The Balaban J connectivity index is 4.74. The van der Waals surface area contributed by atoms with Gasteiger partial charge in [0.1, 0.15) is 0 Å². The van der Waals surface area contributed by atoms with Crippen LogP contribution in [0.2, 0.25) is 39.3 Å². The number of rotatable bonds is 2. The Kier molecular flexibility index (Phi) is 4.19. The van der Waals surface area contributed by atoms with Crippen LogP contribution in [-0.4, -0.2) is 20.7 Å². The van der Waals surface area contributed by atoms with Gasteiger partial charge in [-0.2, -0.15) is 0 Å². The zero-order valence-corrected chi connectivity index (χ0v) is 12.6. The Morgan fingerprint density at radius 3 is 1.18 bits per heavy atom. The monoisotopic (exact) mass is 222 g/mol. The van der Waals surface area contributed by atoms with E-state index in [0.717, 1.165) is 0 Å². The topological polar surface area (TPSA) is 0 Å². The molecule has 0 bridgehead atoms. The zero-order chi connectivity index (χ0) is 9.28. The van der Waals surface area contributed by atoms with E-state index in [0.29, 0.717) is 0 Å². The summed E-state index contributed by atoms with van der Waals surface area (Å²) in [5.74, 6) is 0. The molecule has 0 heterocycles. The molecule has 0 saturated heterocycles. The molecule has 0 aromatic heterocycles. The molecule has 0 aromatic rings. The van der Waals surface area contributed by atoms with E-state index in [-0.39, 0.29) is 0 Å². The molecule has 0 aliphatic carbocycles. The molecule has 0 aliphatic heterocycles. The van der Waals surface area contributed by atoms with Gasteiger partial charge in [-0.15, -0.1) is 0 Å². The van der Waals surface area contributed by atoms with Crippen molar-refractivity contribution in [3.05, 3.63) is 0 Å². The molecule has 0 N–H and O–H groups in total. The largest absolute Gasteiger partial charge is 0.0923 e. The first-order chi connectivity index (χ1) is 4.69. The lowest BCUT2D eigenvalue weighted by atomic mass is 11.7. The van der Waals surface area contributed by atoms with Gasteiger partial charge in [0, 0.05) is 0 Å². The van der Waals surface area contributed by atoms with E-state index >= 15 is 0 Å². The minimum absolute atomic E-state index is 0.977. The third kappa shape index (κ3) is 3.98. The van der Waals surface area contributed by atoms with Gasteiger partial charge in [-0.25, -0.2) is 0 Å². The molecular formula is C7H20P2Si2. The van der Waals surface area contributed by atoms with Crippen LogP contribution < -0.4 is 0 Å². The van der Waals surface area contributed by atoms with E-state index in [2.05, 4.69) is 48.2 Å². The molecule has 1 atom stereocenters. The van der Waals surface area contributed by atoms with Crippen molar-refractivity contribution < 1.29 is 0 Å². The first-order valence-electron chi connectivity index (χ1n) is 3.98. The summed E-state index contributed by atoms with van der Waals surface area (Å²) in [6.45, 7) is 14.7. The van der Waals surface area contributed by atoms with Crippen molar-refractivity contribution in [3.8, 4) is 0 Å². The van der Waals surface area contributed by atoms with Gasteiger partial charge in [0.05, 0.1) is 16.1 Å². The molecule has 0 rings (SSSR count). The predicted octanol–water partition coefficient (Wildman–Crippen LogP) is 3.65. The maximum absolute atomic E-state index is 2.87. The van der Waals surface area contributed by atoms with Gasteiger partial charge in [0.2, 0.25) is 0 Å². The summed E-state index contributed by atoms with van der Waals surface area (Å²) in [6.07, 6.45) is 0. The number of hydrogen-bond donors (Lipinski definition) is 0. The third-order valence-electron chi connectivity index (χ3n) is 1.55. The summed E-state index contributed by atoms with van der Waals surface area (Å²) in [6, 6.07) is 0. The normalized spacial score (nSPS) is 13.7. The summed E-state index contributed by atoms with van der Waals surface area (Å²) in [7, 11) is 2.39. The highest BCUT2D eigenvalue weighted by atomic mass is 32.0. The van der Waals surface area contributed by atoms with E-state index in [1.165, 1.54) is 7.89 Å². The van der Waals surface area contributed by atoms with Crippen molar-refractivity contribution in [2.45, 2.75) is 39.3 Å². The van der Waals surface area contributed by atoms with Crippen molar-refractivity contribution >= 4 is 37.5 Å². The second kappa shape index (κ2) is 3.83. The molecule has 0 nitrogen and oxygen atoms in total. The summed E-state index contributed by atoms with van der Waals surface area (Å²) in [5, 5.41) is 0. The zero-order valence-electron chi connectivity index (χ0n) is 8.52. The molecule has 0 spiro atoms. The molecule has 0 amide bonds. The van der Waals surface area contributed by atoms with Gasteiger partial charge in [0.25, 0.3) is 0 Å². The van der Waals surface area contributed by atoms with Gasteiger partial charge in [-0.05, 0) is 0 Å². The highest BCUT2D eigenvalue weighted by Gasteiger charge is 2.30. The lowest BCUT2D eigenvalue weighted by molar-refractivity contribution is 1.79. The molecule has 0 fully saturated rings. The van der Waals surface area contributed by atoms with Crippen LogP contribution in [0.1, 0.15) is 0 Å². The minimum atomic E-state index is -0.977. The van der Waals surface area contributed by atoms with Gasteiger partial charge < -0.3 is 0 Å². The second-order valence-corrected chi connectivity index (χ2v) is 17.8. The fourth-order valence-electron chi connectivity index (χ4n) is 1.51. The van der Waals surface area contributed by atoms with Gasteiger partial charge in [-0.1, -0.05) is 60.6 Å². The highest BCUT2D eigenvalue weighted by molar-refractivity contribution is 8.06. The van der Waals surface area contributed by atoms with Crippen molar-refractivity contribution in [3.63, 3.8) is 0 Å². The fourth-order valence-corrected chi connectivity index (χ4v) is 20.6. The summed E-state index contributed by atoms with van der Waals surface area (Å²) < 4.78 is 1.87. The van der Waals surface area contributed by atoms with Gasteiger partial charge in [0.15, 0.2) is 0 Å². The SMILES string of the molecule is C[Si](C)(C)C(=PP)[Si](C)(C)C. The predicted molar refractivity (Wildman–Crippen MR) is 68.3 cm³/mol. The fraction of sp³-hybridized carbons (Fsp3) is 0.857. The summed E-state index contributed by atoms with van der Waals surface area (Å²) in [5.41, 5.74) is 0. The van der Waals surface area contributed by atoms with Crippen LogP contribution in [0.15, 0.2) is 0 Å². The Labute approximate surface area is 77.1 Å². The molecule has 11 heavy (non-hydrogen) atoms. The van der Waals surface area contributed by atoms with Crippen LogP contribution in [0.4, 0.5) is 0 Å². The molecule has 0 radical (unpaired) electrons. The highest BCUT2D eigenvalue weighted by Crippen LogP contribution is 2.25. The van der Waals surface area contributed by atoms with Crippen LogP contribution in [0.25, 0.3) is 0 Å². The van der Waals surface area contributed by atoms with E-state index < -0.39 is 16.1 Å². The molecule has 66 valence electrons.